The molecule has 2 aromatic heterocycles. The molecule has 1 fully saturated rings. The minimum absolute atomic E-state index is 0.114. The van der Waals surface area contributed by atoms with Crippen molar-refractivity contribution in [3.05, 3.63) is 34.3 Å². The third kappa shape index (κ3) is 2.99. The van der Waals surface area contributed by atoms with Crippen LogP contribution in [0, 0.1) is 10.1 Å². The molecule has 0 atom stereocenters. The lowest BCUT2D eigenvalue weighted by molar-refractivity contribution is -0.380. The number of oxazole rings is 1. The molecule has 1 saturated carbocycles. The Morgan fingerprint density at radius 2 is 2.37 bits per heavy atom. The highest BCUT2D eigenvalue weighted by Crippen LogP contribution is 2.32. The Morgan fingerprint density at radius 3 is 3.05 bits per heavy atom. The van der Waals surface area contributed by atoms with Gasteiger partial charge in [0.25, 0.3) is 0 Å². The summed E-state index contributed by atoms with van der Waals surface area (Å²) in [5, 5.41) is 14.1. The highest BCUT2D eigenvalue weighted by atomic mass is 32.1. The van der Waals surface area contributed by atoms with Gasteiger partial charge in [0.15, 0.2) is 11.7 Å². The quantitative estimate of drug-likeness (QED) is 0.649. The summed E-state index contributed by atoms with van der Waals surface area (Å²) < 4.78 is 5.60. The maximum atomic E-state index is 10.6. The first-order chi connectivity index (χ1) is 9.22. The zero-order valence-corrected chi connectivity index (χ0v) is 11.0. The lowest BCUT2D eigenvalue weighted by Gasteiger charge is -1.98. The van der Waals surface area contributed by atoms with Crippen molar-refractivity contribution in [1.29, 1.82) is 0 Å². The monoisotopic (exact) mass is 279 g/mol. The molecule has 0 aromatic carbocycles. The summed E-state index contributed by atoms with van der Waals surface area (Å²) in [5.41, 5.74) is 0. The van der Waals surface area contributed by atoms with Gasteiger partial charge in [0.2, 0.25) is 0 Å². The summed E-state index contributed by atoms with van der Waals surface area (Å²) in [6.07, 6.45) is 4.89. The van der Waals surface area contributed by atoms with Crippen LogP contribution in [0.25, 0.3) is 10.6 Å². The van der Waals surface area contributed by atoms with Gasteiger partial charge in [-0.3, -0.25) is 10.1 Å². The second kappa shape index (κ2) is 5.10. The van der Waals surface area contributed by atoms with Crippen LogP contribution in [0.15, 0.2) is 22.7 Å². The molecular formula is C12H13N3O3S. The van der Waals surface area contributed by atoms with E-state index in [-0.39, 0.29) is 5.00 Å². The Morgan fingerprint density at radius 1 is 1.53 bits per heavy atom. The molecule has 1 aliphatic rings. The van der Waals surface area contributed by atoms with Crippen molar-refractivity contribution >= 4 is 16.3 Å². The van der Waals surface area contributed by atoms with E-state index in [4.69, 9.17) is 4.42 Å². The first-order valence-electron chi connectivity index (χ1n) is 6.15. The molecule has 0 aliphatic heterocycles. The van der Waals surface area contributed by atoms with Gasteiger partial charge >= 0.3 is 5.00 Å². The van der Waals surface area contributed by atoms with E-state index in [1.54, 1.807) is 12.3 Å². The normalized spacial score (nSPS) is 14.7. The van der Waals surface area contributed by atoms with Crippen LogP contribution in [-0.2, 0) is 6.42 Å². The number of hydrogen-bond donors (Lipinski definition) is 1. The van der Waals surface area contributed by atoms with Gasteiger partial charge < -0.3 is 9.73 Å². The van der Waals surface area contributed by atoms with E-state index < -0.39 is 4.92 Å². The minimum atomic E-state index is -0.398. The number of thiophene rings is 1. The summed E-state index contributed by atoms with van der Waals surface area (Å²) in [6.45, 7) is 0.856. The van der Waals surface area contributed by atoms with Gasteiger partial charge in [0.05, 0.1) is 16.0 Å². The molecule has 0 spiro atoms. The van der Waals surface area contributed by atoms with E-state index in [9.17, 15) is 10.1 Å². The van der Waals surface area contributed by atoms with Gasteiger partial charge in [-0.2, -0.15) is 0 Å². The Balaban J connectivity index is 1.63. The zero-order valence-electron chi connectivity index (χ0n) is 10.2. The van der Waals surface area contributed by atoms with E-state index in [1.165, 1.54) is 18.9 Å². The van der Waals surface area contributed by atoms with Gasteiger partial charge in [-0.15, -0.1) is 0 Å². The van der Waals surface area contributed by atoms with Crippen molar-refractivity contribution in [3.63, 3.8) is 0 Å². The molecule has 100 valence electrons. The van der Waals surface area contributed by atoms with Crippen LogP contribution >= 0.6 is 11.3 Å². The van der Waals surface area contributed by atoms with Crippen LogP contribution in [0.4, 0.5) is 5.00 Å². The highest BCUT2D eigenvalue weighted by Gasteiger charge is 2.20. The van der Waals surface area contributed by atoms with E-state index in [0.29, 0.717) is 17.7 Å². The molecule has 0 radical (unpaired) electrons. The van der Waals surface area contributed by atoms with E-state index in [0.717, 1.165) is 29.2 Å². The van der Waals surface area contributed by atoms with E-state index in [2.05, 4.69) is 10.3 Å². The maximum absolute atomic E-state index is 10.6. The van der Waals surface area contributed by atoms with Gasteiger partial charge in [-0.05, 0) is 18.9 Å². The summed E-state index contributed by atoms with van der Waals surface area (Å²) in [7, 11) is 0. The maximum Gasteiger partial charge on any atom is 0.324 e. The van der Waals surface area contributed by atoms with Gasteiger partial charge in [0.1, 0.15) is 0 Å². The fraction of sp³-hybridized carbons (Fsp3) is 0.417. The van der Waals surface area contributed by atoms with Crippen molar-refractivity contribution < 1.29 is 9.34 Å². The molecule has 0 amide bonds. The average Bonchev–Trinajstić information content (AvgIpc) is 2.92. The smallest absolute Gasteiger partial charge is 0.324 e. The molecule has 19 heavy (non-hydrogen) atoms. The fourth-order valence-corrected chi connectivity index (χ4v) is 2.54. The molecule has 1 N–H and O–H groups in total. The third-order valence-corrected chi connectivity index (χ3v) is 3.97. The summed E-state index contributed by atoms with van der Waals surface area (Å²) in [4.78, 5) is 15.2. The fourth-order valence-electron chi connectivity index (χ4n) is 1.77. The molecule has 2 heterocycles. The average molecular weight is 279 g/mol. The van der Waals surface area contributed by atoms with Crippen molar-refractivity contribution in [2.75, 3.05) is 6.54 Å². The van der Waals surface area contributed by atoms with Crippen LogP contribution in [0.5, 0.6) is 0 Å². The number of hydrogen-bond acceptors (Lipinski definition) is 6. The van der Waals surface area contributed by atoms with Crippen LogP contribution in [0.2, 0.25) is 0 Å². The molecule has 1 aliphatic carbocycles. The van der Waals surface area contributed by atoms with Crippen molar-refractivity contribution in [2.45, 2.75) is 25.3 Å². The summed E-state index contributed by atoms with van der Waals surface area (Å²) in [5.74, 6) is 1.26. The summed E-state index contributed by atoms with van der Waals surface area (Å²) >= 11 is 1.10. The second-order valence-corrected chi connectivity index (χ2v) is 5.55. The molecular weight excluding hydrogens is 266 g/mol. The number of aromatic nitrogens is 1. The number of nitrogens with one attached hydrogen (secondary N) is 1. The standard InChI is InChI=1S/C12H13N3O3S/c16-15(17)12-4-3-10(19-12)9-7-14-11(18-9)5-6-13-8-1-2-8/h3-4,7-8,13H,1-2,5-6H2. The van der Waals surface area contributed by atoms with Crippen molar-refractivity contribution in [3.8, 4) is 10.6 Å². The van der Waals surface area contributed by atoms with Crippen LogP contribution < -0.4 is 5.32 Å². The van der Waals surface area contributed by atoms with Gasteiger partial charge in [-0.25, -0.2) is 4.98 Å². The molecule has 3 rings (SSSR count). The molecule has 0 bridgehead atoms. The lowest BCUT2D eigenvalue weighted by atomic mass is 10.4. The first-order valence-corrected chi connectivity index (χ1v) is 6.97. The van der Waals surface area contributed by atoms with Crippen LogP contribution in [0.1, 0.15) is 18.7 Å². The number of nitrogens with zero attached hydrogens (tertiary/aromatic N) is 2. The molecule has 6 nitrogen and oxygen atoms in total. The van der Waals surface area contributed by atoms with E-state index in [1.807, 2.05) is 0 Å². The van der Waals surface area contributed by atoms with Crippen molar-refractivity contribution in [1.82, 2.24) is 10.3 Å². The third-order valence-electron chi connectivity index (χ3n) is 2.92. The topological polar surface area (TPSA) is 81.2 Å². The predicted molar refractivity (Wildman–Crippen MR) is 71.2 cm³/mol. The molecule has 2 aromatic rings. The minimum Gasteiger partial charge on any atom is -0.440 e. The Labute approximate surface area is 113 Å². The van der Waals surface area contributed by atoms with Crippen molar-refractivity contribution in [2.24, 2.45) is 0 Å². The zero-order chi connectivity index (χ0) is 13.2. The van der Waals surface area contributed by atoms with Gasteiger partial charge in [0, 0.05) is 25.1 Å². The van der Waals surface area contributed by atoms with E-state index >= 15 is 0 Å². The lowest BCUT2D eigenvalue weighted by Crippen LogP contribution is -2.19. The second-order valence-electron chi connectivity index (χ2n) is 4.49. The Kier molecular flexibility index (Phi) is 3.31. The van der Waals surface area contributed by atoms with Crippen LogP contribution in [-0.4, -0.2) is 22.5 Å². The largest absolute Gasteiger partial charge is 0.440 e. The molecule has 0 unspecified atom stereocenters. The number of rotatable bonds is 6. The van der Waals surface area contributed by atoms with Gasteiger partial charge in [-0.1, -0.05) is 11.3 Å². The number of nitro groups is 1. The summed E-state index contributed by atoms with van der Waals surface area (Å²) in [6, 6.07) is 3.85. The highest BCUT2D eigenvalue weighted by molar-refractivity contribution is 7.18. The Hall–Kier alpha value is -1.73. The first kappa shape index (κ1) is 12.3. The Bertz CT molecular complexity index is 589. The molecule has 7 heteroatoms. The predicted octanol–water partition coefficient (Wildman–Crippen LogP) is 2.61. The SMILES string of the molecule is O=[N+]([O-])c1ccc(-c2cnc(CCNC3CC3)o2)s1. The molecule has 0 saturated heterocycles. The van der Waals surface area contributed by atoms with Crippen LogP contribution in [0.3, 0.4) is 0 Å².